The van der Waals surface area contributed by atoms with Gasteiger partial charge in [0.05, 0.1) is 5.76 Å². The van der Waals surface area contributed by atoms with Crippen molar-refractivity contribution in [2.75, 3.05) is 5.75 Å². The van der Waals surface area contributed by atoms with E-state index in [2.05, 4.69) is 6.58 Å². The van der Waals surface area contributed by atoms with Gasteiger partial charge in [-0.3, -0.25) is 4.79 Å². The molecule has 1 unspecified atom stereocenters. The lowest BCUT2D eigenvalue weighted by Gasteiger charge is -2.23. The first kappa shape index (κ1) is 10.3. The number of ether oxygens (including phenoxy) is 1. The summed E-state index contributed by atoms with van der Waals surface area (Å²) in [6.45, 7) is 5.42. The van der Waals surface area contributed by atoms with Crippen LogP contribution in [0, 0.1) is 0 Å². The molecule has 0 N–H and O–H groups in total. The summed E-state index contributed by atoms with van der Waals surface area (Å²) in [5.74, 6) is 1.32. The van der Waals surface area contributed by atoms with Gasteiger partial charge in [0.25, 0.3) is 0 Å². The van der Waals surface area contributed by atoms with Crippen LogP contribution in [0.4, 0.5) is 0 Å². The molecule has 1 aromatic rings. The van der Waals surface area contributed by atoms with Gasteiger partial charge in [0, 0.05) is 16.2 Å². The minimum Gasteiger partial charge on any atom is -0.487 e. The topological polar surface area (TPSA) is 26.3 Å². The second-order valence-electron chi connectivity index (χ2n) is 3.48. The van der Waals surface area contributed by atoms with Crippen molar-refractivity contribution in [3.8, 4) is 0 Å². The van der Waals surface area contributed by atoms with E-state index in [4.69, 9.17) is 4.74 Å². The van der Waals surface area contributed by atoms with Crippen LogP contribution in [0.3, 0.4) is 0 Å². The van der Waals surface area contributed by atoms with Crippen LogP contribution in [0.1, 0.15) is 17.3 Å². The van der Waals surface area contributed by atoms with Crippen molar-refractivity contribution in [3.05, 3.63) is 42.2 Å². The Kier molecular flexibility index (Phi) is 2.82. The lowest BCUT2D eigenvalue weighted by Crippen LogP contribution is -2.29. The molecule has 1 atom stereocenters. The zero-order valence-corrected chi connectivity index (χ0v) is 9.34. The quantitative estimate of drug-likeness (QED) is 0.717. The van der Waals surface area contributed by atoms with Crippen molar-refractivity contribution in [1.29, 1.82) is 0 Å². The number of rotatable bonds is 2. The van der Waals surface area contributed by atoms with E-state index >= 15 is 0 Å². The summed E-state index contributed by atoms with van der Waals surface area (Å²) in [6, 6.07) is 7.63. The highest BCUT2D eigenvalue weighted by atomic mass is 32.2. The van der Waals surface area contributed by atoms with Gasteiger partial charge in [-0.1, -0.05) is 24.8 Å². The third kappa shape index (κ3) is 2.07. The maximum absolute atomic E-state index is 12.0. The number of fused-ring (bicyclic) bond motifs is 1. The van der Waals surface area contributed by atoms with Crippen LogP contribution in [-0.2, 0) is 4.74 Å². The molecule has 0 fully saturated rings. The van der Waals surface area contributed by atoms with E-state index in [0.29, 0.717) is 11.5 Å². The Labute approximate surface area is 93.3 Å². The fourth-order valence-electron chi connectivity index (χ4n) is 1.54. The number of allylic oxidation sites excluding steroid dienone is 1. The maximum atomic E-state index is 12.0. The fraction of sp³-hybridized carbons (Fsp3) is 0.250. The van der Waals surface area contributed by atoms with Crippen LogP contribution < -0.4 is 0 Å². The van der Waals surface area contributed by atoms with E-state index < -0.39 is 0 Å². The van der Waals surface area contributed by atoms with Crippen molar-refractivity contribution in [1.82, 2.24) is 0 Å². The first-order valence-corrected chi connectivity index (χ1v) is 5.75. The van der Waals surface area contributed by atoms with Gasteiger partial charge in [-0.05, 0) is 13.0 Å². The fourth-order valence-corrected chi connectivity index (χ4v) is 2.59. The summed E-state index contributed by atoms with van der Waals surface area (Å²) >= 11 is 1.66. The van der Waals surface area contributed by atoms with Gasteiger partial charge >= 0.3 is 0 Å². The molecular weight excluding hydrogens is 208 g/mol. The van der Waals surface area contributed by atoms with E-state index in [1.807, 2.05) is 24.3 Å². The predicted molar refractivity (Wildman–Crippen MR) is 61.2 cm³/mol. The number of hydrogen-bond donors (Lipinski definition) is 0. The molecule has 3 heteroatoms. The van der Waals surface area contributed by atoms with Gasteiger partial charge in [0.1, 0.15) is 0 Å². The van der Waals surface area contributed by atoms with Crippen LogP contribution in [0.2, 0.25) is 0 Å². The molecule has 2 rings (SSSR count). The number of hydrogen-bond acceptors (Lipinski definition) is 3. The minimum absolute atomic E-state index is 0.0624. The lowest BCUT2D eigenvalue weighted by molar-refractivity contribution is 0.0695. The van der Waals surface area contributed by atoms with E-state index in [9.17, 15) is 4.79 Å². The van der Waals surface area contributed by atoms with Gasteiger partial charge in [-0.25, -0.2) is 0 Å². The van der Waals surface area contributed by atoms with Gasteiger partial charge < -0.3 is 4.74 Å². The zero-order chi connectivity index (χ0) is 10.8. The van der Waals surface area contributed by atoms with Gasteiger partial charge in [0.2, 0.25) is 5.78 Å². The second-order valence-corrected chi connectivity index (χ2v) is 4.54. The first-order valence-electron chi connectivity index (χ1n) is 4.76. The molecule has 0 spiro atoms. The Morgan fingerprint density at radius 3 is 3.00 bits per heavy atom. The normalized spacial score (nSPS) is 19.5. The summed E-state index contributed by atoms with van der Waals surface area (Å²) in [6.07, 6.45) is -0.373. The maximum Gasteiger partial charge on any atom is 0.205 e. The standard InChI is InChI=1S/C12H12O2S/c1-8(2)14-10-7-15-11-6-4-3-5-9(11)12(10)13/h3-6,10H,1,7H2,2H3. The Morgan fingerprint density at radius 1 is 1.53 bits per heavy atom. The molecule has 0 bridgehead atoms. The molecule has 1 heterocycles. The number of carbonyl (C=O) groups excluding carboxylic acids is 1. The molecule has 0 aromatic heterocycles. The summed E-state index contributed by atoms with van der Waals surface area (Å²) < 4.78 is 5.40. The summed E-state index contributed by atoms with van der Waals surface area (Å²) in [5, 5.41) is 0. The average molecular weight is 220 g/mol. The Hall–Kier alpha value is -1.22. The Morgan fingerprint density at radius 2 is 2.27 bits per heavy atom. The van der Waals surface area contributed by atoms with Crippen LogP contribution in [0.15, 0.2) is 41.5 Å². The number of Topliss-reactive ketones (excluding diaryl/α,β-unsaturated/α-hetero) is 1. The molecule has 1 aliphatic rings. The Balaban J connectivity index is 2.26. The molecule has 78 valence electrons. The minimum atomic E-state index is -0.373. The Bertz CT molecular complexity index is 412. The van der Waals surface area contributed by atoms with E-state index in [0.717, 1.165) is 10.5 Å². The van der Waals surface area contributed by atoms with Gasteiger partial charge in [-0.2, -0.15) is 0 Å². The molecule has 0 amide bonds. The molecule has 0 saturated heterocycles. The molecule has 0 aliphatic carbocycles. The number of carbonyl (C=O) groups is 1. The molecule has 15 heavy (non-hydrogen) atoms. The van der Waals surface area contributed by atoms with Crippen molar-refractivity contribution >= 4 is 17.5 Å². The monoisotopic (exact) mass is 220 g/mol. The van der Waals surface area contributed by atoms with Crippen molar-refractivity contribution in [2.24, 2.45) is 0 Å². The number of ketones is 1. The van der Waals surface area contributed by atoms with Crippen LogP contribution in [0.25, 0.3) is 0 Å². The average Bonchev–Trinajstić information content (AvgIpc) is 2.22. The van der Waals surface area contributed by atoms with Crippen molar-refractivity contribution in [2.45, 2.75) is 17.9 Å². The molecule has 1 aliphatic heterocycles. The largest absolute Gasteiger partial charge is 0.487 e. The molecule has 0 radical (unpaired) electrons. The highest BCUT2D eigenvalue weighted by Gasteiger charge is 2.28. The third-order valence-corrected chi connectivity index (χ3v) is 3.32. The summed E-state index contributed by atoms with van der Waals surface area (Å²) in [5.41, 5.74) is 0.764. The summed E-state index contributed by atoms with van der Waals surface area (Å²) in [4.78, 5) is 13.0. The van der Waals surface area contributed by atoms with Crippen LogP contribution in [0.5, 0.6) is 0 Å². The van der Waals surface area contributed by atoms with Gasteiger partial charge in [-0.15, -0.1) is 11.8 Å². The SMILES string of the molecule is C=C(C)OC1CSc2ccccc2C1=O. The van der Waals surface area contributed by atoms with E-state index in [1.165, 1.54) is 0 Å². The highest BCUT2D eigenvalue weighted by molar-refractivity contribution is 7.99. The predicted octanol–water partition coefficient (Wildman–Crippen LogP) is 2.89. The number of benzene rings is 1. The summed E-state index contributed by atoms with van der Waals surface area (Å²) in [7, 11) is 0. The van der Waals surface area contributed by atoms with Crippen LogP contribution in [-0.4, -0.2) is 17.6 Å². The van der Waals surface area contributed by atoms with Crippen LogP contribution >= 0.6 is 11.8 Å². The van der Waals surface area contributed by atoms with Crippen molar-refractivity contribution < 1.29 is 9.53 Å². The van der Waals surface area contributed by atoms with E-state index in [-0.39, 0.29) is 11.9 Å². The number of thioether (sulfide) groups is 1. The second kappa shape index (κ2) is 4.11. The zero-order valence-electron chi connectivity index (χ0n) is 8.53. The molecule has 0 saturated carbocycles. The molecule has 1 aromatic carbocycles. The van der Waals surface area contributed by atoms with E-state index in [1.54, 1.807) is 18.7 Å². The highest BCUT2D eigenvalue weighted by Crippen LogP contribution is 2.31. The smallest absolute Gasteiger partial charge is 0.205 e. The molecule has 2 nitrogen and oxygen atoms in total. The van der Waals surface area contributed by atoms with Gasteiger partial charge in [0.15, 0.2) is 6.10 Å². The first-order chi connectivity index (χ1) is 7.18. The third-order valence-electron chi connectivity index (χ3n) is 2.18. The van der Waals surface area contributed by atoms with Crippen molar-refractivity contribution in [3.63, 3.8) is 0 Å². The molecular formula is C12H12O2S. The lowest BCUT2D eigenvalue weighted by atomic mass is 10.1.